The molecule has 0 saturated heterocycles. The molecule has 1 aliphatic rings. The fourth-order valence-electron chi connectivity index (χ4n) is 3.53. The molecule has 3 aromatic rings. The standard InChI is InChI=1S/C21H25N5O/c1-13-11-15(3)25(23-13)19-9-7-18(8-10-19)21(27)22-20-12-14(2)24-26(20)16(4)17-5-6-17/h7-12,16-17H,5-6H2,1-4H3,(H,22,27). The minimum Gasteiger partial charge on any atom is -0.307 e. The molecule has 4 rings (SSSR count). The van der Waals surface area contributed by atoms with Crippen molar-refractivity contribution in [1.82, 2.24) is 19.6 Å². The second-order valence-electron chi connectivity index (χ2n) is 7.53. The zero-order valence-corrected chi connectivity index (χ0v) is 16.2. The fraction of sp³-hybridized carbons (Fsp3) is 0.381. The molecule has 1 aromatic carbocycles. The molecule has 1 unspecified atom stereocenters. The van der Waals surface area contributed by atoms with Gasteiger partial charge < -0.3 is 5.32 Å². The smallest absolute Gasteiger partial charge is 0.256 e. The lowest BCUT2D eigenvalue weighted by atomic mass is 10.2. The summed E-state index contributed by atoms with van der Waals surface area (Å²) in [5.74, 6) is 1.30. The first-order valence-electron chi connectivity index (χ1n) is 9.43. The molecule has 0 spiro atoms. The fourth-order valence-corrected chi connectivity index (χ4v) is 3.53. The highest BCUT2D eigenvalue weighted by Crippen LogP contribution is 2.40. The number of amides is 1. The van der Waals surface area contributed by atoms with Crippen LogP contribution in [0.15, 0.2) is 36.4 Å². The van der Waals surface area contributed by atoms with Crippen molar-refractivity contribution in [2.75, 3.05) is 5.32 Å². The van der Waals surface area contributed by atoms with E-state index < -0.39 is 0 Å². The Morgan fingerprint density at radius 2 is 1.74 bits per heavy atom. The van der Waals surface area contributed by atoms with E-state index in [4.69, 9.17) is 0 Å². The molecule has 1 N–H and O–H groups in total. The van der Waals surface area contributed by atoms with Gasteiger partial charge in [-0.1, -0.05) is 0 Å². The molecule has 140 valence electrons. The third-order valence-corrected chi connectivity index (χ3v) is 5.17. The van der Waals surface area contributed by atoms with E-state index in [9.17, 15) is 4.79 Å². The maximum atomic E-state index is 12.7. The lowest BCUT2D eigenvalue weighted by Gasteiger charge is -2.15. The van der Waals surface area contributed by atoms with Crippen LogP contribution < -0.4 is 5.32 Å². The van der Waals surface area contributed by atoms with Crippen LogP contribution in [0.1, 0.15) is 53.2 Å². The summed E-state index contributed by atoms with van der Waals surface area (Å²) in [6.07, 6.45) is 2.47. The number of hydrogen-bond acceptors (Lipinski definition) is 3. The molecular formula is C21H25N5O. The summed E-state index contributed by atoms with van der Waals surface area (Å²) in [5.41, 5.74) is 4.52. The molecule has 1 aliphatic carbocycles. The van der Waals surface area contributed by atoms with E-state index in [1.807, 2.05) is 66.5 Å². The minimum atomic E-state index is -0.126. The number of rotatable bonds is 5. The van der Waals surface area contributed by atoms with Crippen molar-refractivity contribution in [1.29, 1.82) is 0 Å². The van der Waals surface area contributed by atoms with Crippen LogP contribution in [0.2, 0.25) is 0 Å². The highest BCUT2D eigenvalue weighted by molar-refractivity contribution is 6.03. The molecule has 0 radical (unpaired) electrons. The van der Waals surface area contributed by atoms with Crippen LogP contribution in [0.3, 0.4) is 0 Å². The third kappa shape index (κ3) is 3.52. The summed E-state index contributed by atoms with van der Waals surface area (Å²) in [5, 5.41) is 12.1. The van der Waals surface area contributed by atoms with Crippen LogP contribution in [0.4, 0.5) is 5.82 Å². The predicted molar refractivity (Wildman–Crippen MR) is 105 cm³/mol. The van der Waals surface area contributed by atoms with Gasteiger partial charge in [0.15, 0.2) is 0 Å². The van der Waals surface area contributed by atoms with E-state index in [1.165, 1.54) is 12.8 Å². The summed E-state index contributed by atoms with van der Waals surface area (Å²) in [6, 6.07) is 11.8. The molecule has 6 nitrogen and oxygen atoms in total. The number of carbonyl (C=O) groups is 1. The van der Waals surface area contributed by atoms with Gasteiger partial charge in [0.2, 0.25) is 0 Å². The molecule has 0 bridgehead atoms. The van der Waals surface area contributed by atoms with Crippen molar-refractivity contribution in [3.05, 3.63) is 59.0 Å². The van der Waals surface area contributed by atoms with Crippen molar-refractivity contribution in [3.63, 3.8) is 0 Å². The van der Waals surface area contributed by atoms with Gasteiger partial charge in [-0.05, 0) is 76.8 Å². The molecule has 6 heteroatoms. The quantitative estimate of drug-likeness (QED) is 0.738. The van der Waals surface area contributed by atoms with Gasteiger partial charge in [0, 0.05) is 17.3 Å². The first kappa shape index (κ1) is 17.5. The lowest BCUT2D eigenvalue weighted by molar-refractivity contribution is 0.102. The van der Waals surface area contributed by atoms with Gasteiger partial charge in [-0.2, -0.15) is 10.2 Å². The van der Waals surface area contributed by atoms with E-state index in [2.05, 4.69) is 22.4 Å². The zero-order valence-electron chi connectivity index (χ0n) is 16.2. The summed E-state index contributed by atoms with van der Waals surface area (Å²) in [7, 11) is 0. The van der Waals surface area contributed by atoms with Crippen LogP contribution in [0.25, 0.3) is 5.69 Å². The monoisotopic (exact) mass is 363 g/mol. The van der Waals surface area contributed by atoms with Crippen molar-refractivity contribution in [2.45, 2.75) is 46.6 Å². The van der Waals surface area contributed by atoms with Gasteiger partial charge in [0.05, 0.1) is 23.1 Å². The first-order chi connectivity index (χ1) is 12.9. The van der Waals surface area contributed by atoms with E-state index in [-0.39, 0.29) is 5.91 Å². The van der Waals surface area contributed by atoms with Crippen LogP contribution in [-0.2, 0) is 0 Å². The number of nitrogens with zero attached hydrogens (tertiary/aromatic N) is 4. The van der Waals surface area contributed by atoms with Crippen LogP contribution >= 0.6 is 0 Å². The normalized spacial score (nSPS) is 15.0. The van der Waals surface area contributed by atoms with Crippen molar-refractivity contribution in [2.24, 2.45) is 5.92 Å². The Morgan fingerprint density at radius 3 is 2.33 bits per heavy atom. The van der Waals surface area contributed by atoms with Gasteiger partial charge in [-0.25, -0.2) is 9.36 Å². The van der Waals surface area contributed by atoms with Crippen molar-refractivity contribution in [3.8, 4) is 5.69 Å². The molecule has 2 heterocycles. The lowest BCUT2D eigenvalue weighted by Crippen LogP contribution is -2.18. The van der Waals surface area contributed by atoms with E-state index >= 15 is 0 Å². The van der Waals surface area contributed by atoms with E-state index in [0.29, 0.717) is 17.5 Å². The third-order valence-electron chi connectivity index (χ3n) is 5.17. The van der Waals surface area contributed by atoms with Gasteiger partial charge >= 0.3 is 0 Å². The largest absolute Gasteiger partial charge is 0.307 e. The second kappa shape index (κ2) is 6.68. The number of carbonyl (C=O) groups excluding carboxylic acids is 1. The predicted octanol–water partition coefficient (Wildman–Crippen LogP) is 4.22. The highest BCUT2D eigenvalue weighted by atomic mass is 16.1. The van der Waals surface area contributed by atoms with Crippen molar-refractivity contribution >= 4 is 11.7 Å². The van der Waals surface area contributed by atoms with Crippen LogP contribution in [-0.4, -0.2) is 25.5 Å². The van der Waals surface area contributed by atoms with Gasteiger partial charge in [0.25, 0.3) is 5.91 Å². The Morgan fingerprint density at radius 1 is 1.07 bits per heavy atom. The summed E-state index contributed by atoms with van der Waals surface area (Å²) in [6.45, 7) is 8.11. The highest BCUT2D eigenvalue weighted by Gasteiger charge is 2.31. The summed E-state index contributed by atoms with van der Waals surface area (Å²) >= 11 is 0. The van der Waals surface area contributed by atoms with Gasteiger partial charge in [-0.15, -0.1) is 0 Å². The molecule has 2 aromatic heterocycles. The first-order valence-corrected chi connectivity index (χ1v) is 9.43. The maximum absolute atomic E-state index is 12.7. The number of anilines is 1. The Hall–Kier alpha value is -2.89. The van der Waals surface area contributed by atoms with Crippen molar-refractivity contribution < 1.29 is 4.79 Å². The van der Waals surface area contributed by atoms with Crippen LogP contribution in [0, 0.1) is 26.7 Å². The van der Waals surface area contributed by atoms with Gasteiger partial charge in [-0.3, -0.25) is 4.79 Å². The SMILES string of the molecule is Cc1cc(C)n(-c2ccc(C(=O)Nc3cc(C)nn3C(C)C3CC3)cc2)n1. The average molecular weight is 363 g/mol. The molecule has 1 amide bonds. The average Bonchev–Trinajstić information content (AvgIpc) is 3.35. The number of nitrogens with one attached hydrogen (secondary N) is 1. The molecule has 0 aliphatic heterocycles. The molecular weight excluding hydrogens is 338 g/mol. The number of aromatic nitrogens is 4. The van der Waals surface area contributed by atoms with Gasteiger partial charge in [0.1, 0.15) is 5.82 Å². The molecule has 1 atom stereocenters. The summed E-state index contributed by atoms with van der Waals surface area (Å²) in [4.78, 5) is 12.7. The Kier molecular flexibility index (Phi) is 4.34. The summed E-state index contributed by atoms with van der Waals surface area (Å²) < 4.78 is 3.84. The Balaban J connectivity index is 1.53. The molecule has 1 fully saturated rings. The zero-order chi connectivity index (χ0) is 19.1. The van der Waals surface area contributed by atoms with Crippen LogP contribution in [0.5, 0.6) is 0 Å². The topological polar surface area (TPSA) is 64.7 Å². The second-order valence-corrected chi connectivity index (χ2v) is 7.53. The Labute approximate surface area is 159 Å². The maximum Gasteiger partial charge on any atom is 0.256 e. The van der Waals surface area contributed by atoms with E-state index in [0.717, 1.165) is 28.6 Å². The number of aryl methyl sites for hydroxylation is 3. The Bertz CT molecular complexity index is 979. The molecule has 27 heavy (non-hydrogen) atoms. The van der Waals surface area contributed by atoms with E-state index in [1.54, 1.807) is 0 Å². The molecule has 1 saturated carbocycles. The number of benzene rings is 1. The minimum absolute atomic E-state index is 0.126. The number of hydrogen-bond donors (Lipinski definition) is 1.